The van der Waals surface area contributed by atoms with E-state index in [1.165, 1.54) is 12.8 Å². The van der Waals surface area contributed by atoms with Crippen LogP contribution in [0.25, 0.3) is 17.0 Å². The van der Waals surface area contributed by atoms with Crippen molar-refractivity contribution in [3.8, 4) is 17.1 Å². The molecule has 4 N–H and O–H groups in total. The maximum atomic E-state index is 10.5. The predicted octanol–water partition coefficient (Wildman–Crippen LogP) is 3.68. The Bertz CT molecular complexity index is 1260. The SMILES string of the molecule is CNC[C@@H](O)COc1ccc(Cl)c(-c2nc(/C(C(C)=N)=C(\C)O)c(C)c(N3CC4(C3)CN(C3CC3)C4)n2)c1. The summed E-state index contributed by atoms with van der Waals surface area (Å²) >= 11 is 6.63. The van der Waals surface area contributed by atoms with E-state index in [-0.39, 0.29) is 18.1 Å². The van der Waals surface area contributed by atoms with E-state index in [4.69, 9.17) is 31.7 Å². The fourth-order valence-corrected chi connectivity index (χ4v) is 5.88. The van der Waals surface area contributed by atoms with Crippen molar-refractivity contribution in [1.82, 2.24) is 20.2 Å². The number of likely N-dealkylation sites (tertiary alicyclic amines) is 1. The zero-order valence-electron chi connectivity index (χ0n) is 22.5. The molecule has 1 saturated carbocycles. The van der Waals surface area contributed by atoms with Gasteiger partial charge in [-0.05, 0) is 58.9 Å². The molecule has 1 aliphatic carbocycles. The molecule has 3 aliphatic rings. The molecule has 2 saturated heterocycles. The highest BCUT2D eigenvalue weighted by atomic mass is 35.5. The van der Waals surface area contributed by atoms with E-state index in [1.54, 1.807) is 39.1 Å². The lowest BCUT2D eigenvalue weighted by Crippen LogP contribution is -2.72. The van der Waals surface area contributed by atoms with Gasteiger partial charge in [-0.3, -0.25) is 4.90 Å². The average Bonchev–Trinajstić information content (AvgIpc) is 3.64. The number of benzene rings is 1. The number of rotatable bonds is 10. The molecule has 0 unspecified atom stereocenters. The summed E-state index contributed by atoms with van der Waals surface area (Å²) in [6.07, 6.45) is 2.01. The van der Waals surface area contributed by atoms with Crippen LogP contribution in [-0.2, 0) is 0 Å². The quantitative estimate of drug-likeness (QED) is 0.266. The lowest BCUT2D eigenvalue weighted by Gasteiger charge is -2.61. The molecule has 5 rings (SSSR count). The molecule has 2 aliphatic heterocycles. The summed E-state index contributed by atoms with van der Waals surface area (Å²) in [4.78, 5) is 14.7. The van der Waals surface area contributed by atoms with E-state index in [9.17, 15) is 10.2 Å². The largest absolute Gasteiger partial charge is 0.512 e. The van der Waals surface area contributed by atoms with Gasteiger partial charge >= 0.3 is 0 Å². The molecular weight excluding hydrogens is 504 g/mol. The standard InChI is InChI=1S/C28H37ClN6O3/c1-16-25(24(17(2)30)18(3)36)32-26(22-9-21(7-8-23(22)29)38-11-20(37)10-31-4)33-27(16)35-14-28(15-35)12-34(13-28)19-5-6-19/h7-9,19-20,30-31,36-37H,5-6,10-15H2,1-4H3/b24-18+,30-17?/t20-/m1/s1. The third kappa shape index (κ3) is 5.25. The maximum absolute atomic E-state index is 10.5. The lowest BCUT2D eigenvalue weighted by atomic mass is 9.72. The number of nitrogens with zero attached hydrogens (tertiary/aromatic N) is 4. The maximum Gasteiger partial charge on any atom is 0.163 e. The van der Waals surface area contributed by atoms with Gasteiger partial charge in [-0.25, -0.2) is 9.97 Å². The number of anilines is 1. The van der Waals surface area contributed by atoms with E-state index >= 15 is 0 Å². The van der Waals surface area contributed by atoms with Crippen LogP contribution < -0.4 is 15.0 Å². The summed E-state index contributed by atoms with van der Waals surface area (Å²) in [6.45, 7) is 9.85. The Kier molecular flexibility index (Phi) is 7.39. The highest BCUT2D eigenvalue weighted by molar-refractivity contribution is 6.33. The molecule has 1 aromatic carbocycles. The highest BCUT2D eigenvalue weighted by Crippen LogP contribution is 2.47. The molecule has 1 atom stereocenters. The van der Waals surface area contributed by atoms with Gasteiger partial charge in [0.1, 0.15) is 30.0 Å². The van der Waals surface area contributed by atoms with Gasteiger partial charge in [-0.1, -0.05) is 11.6 Å². The van der Waals surface area contributed by atoms with Crippen LogP contribution in [0.3, 0.4) is 0 Å². The van der Waals surface area contributed by atoms with Crippen molar-refractivity contribution >= 4 is 28.7 Å². The van der Waals surface area contributed by atoms with Gasteiger partial charge in [0.25, 0.3) is 0 Å². The Hall–Kier alpha value is -2.72. The van der Waals surface area contributed by atoms with E-state index < -0.39 is 6.10 Å². The number of hydrogen-bond acceptors (Lipinski definition) is 9. The predicted molar refractivity (Wildman–Crippen MR) is 151 cm³/mol. The number of allylic oxidation sites excluding steroid dienone is 2. The number of ether oxygens (including phenoxy) is 1. The van der Waals surface area contributed by atoms with Gasteiger partial charge in [0, 0.05) is 61.0 Å². The molecule has 0 amide bonds. The topological polar surface area (TPSA) is 118 Å². The monoisotopic (exact) mass is 540 g/mol. The molecule has 1 aromatic heterocycles. The molecule has 9 nitrogen and oxygen atoms in total. The molecular formula is C28H37ClN6O3. The molecule has 0 radical (unpaired) electrons. The van der Waals surface area contributed by atoms with Gasteiger partial charge in [-0.2, -0.15) is 0 Å². The Labute approximate surface area is 229 Å². The minimum atomic E-state index is -0.648. The number of likely N-dealkylation sites (N-methyl/N-ethyl adjacent to an activating group) is 1. The third-order valence-electron chi connectivity index (χ3n) is 7.65. The zero-order chi connectivity index (χ0) is 27.2. The Morgan fingerprint density at radius 3 is 2.55 bits per heavy atom. The van der Waals surface area contributed by atoms with E-state index in [0.717, 1.165) is 43.6 Å². The van der Waals surface area contributed by atoms with Crippen LogP contribution in [0.5, 0.6) is 5.75 Å². The van der Waals surface area contributed by atoms with Gasteiger partial charge in [0.2, 0.25) is 0 Å². The first-order valence-electron chi connectivity index (χ1n) is 13.2. The summed E-state index contributed by atoms with van der Waals surface area (Å²) in [5, 5.41) is 32.2. The molecule has 2 aromatic rings. The van der Waals surface area contributed by atoms with E-state index in [2.05, 4.69) is 15.1 Å². The number of halogens is 1. The summed E-state index contributed by atoms with van der Waals surface area (Å²) < 4.78 is 5.81. The molecule has 204 valence electrons. The van der Waals surface area contributed by atoms with Gasteiger partial charge in [0.15, 0.2) is 5.82 Å². The summed E-state index contributed by atoms with van der Waals surface area (Å²) in [5.74, 6) is 1.78. The normalized spacial score (nSPS) is 20.0. The third-order valence-corrected chi connectivity index (χ3v) is 7.98. The second-order valence-corrected chi connectivity index (χ2v) is 11.5. The van der Waals surface area contributed by atoms with Crippen LogP contribution in [0, 0.1) is 17.7 Å². The number of aromatic nitrogens is 2. The van der Waals surface area contributed by atoms with Crippen molar-refractivity contribution in [2.45, 2.75) is 45.8 Å². The fourth-order valence-electron chi connectivity index (χ4n) is 5.68. The second-order valence-electron chi connectivity index (χ2n) is 11.1. The van der Waals surface area contributed by atoms with Gasteiger partial charge < -0.3 is 30.6 Å². The molecule has 3 fully saturated rings. The zero-order valence-corrected chi connectivity index (χ0v) is 23.3. The summed E-state index contributed by atoms with van der Waals surface area (Å²) in [6, 6.07) is 6.05. The van der Waals surface area contributed by atoms with Crippen molar-refractivity contribution in [3.05, 3.63) is 40.2 Å². The number of aliphatic hydroxyl groups is 2. The van der Waals surface area contributed by atoms with Gasteiger partial charge in [-0.15, -0.1) is 0 Å². The van der Waals surface area contributed by atoms with Crippen LogP contribution >= 0.6 is 11.6 Å². The molecule has 3 heterocycles. The van der Waals surface area contributed by atoms with Crippen LogP contribution in [0.1, 0.15) is 37.9 Å². The fraction of sp³-hybridized carbons (Fsp3) is 0.536. The number of hydrogen-bond donors (Lipinski definition) is 4. The Morgan fingerprint density at radius 1 is 1.24 bits per heavy atom. The van der Waals surface area contributed by atoms with E-state index in [1.807, 2.05) is 6.92 Å². The summed E-state index contributed by atoms with van der Waals surface area (Å²) in [7, 11) is 1.77. The average molecular weight is 541 g/mol. The van der Waals surface area contributed by atoms with Crippen molar-refractivity contribution < 1.29 is 14.9 Å². The molecule has 0 bridgehead atoms. The van der Waals surface area contributed by atoms with Crippen molar-refractivity contribution in [2.24, 2.45) is 5.41 Å². The van der Waals surface area contributed by atoms with E-state index in [0.29, 0.717) is 45.4 Å². The Morgan fingerprint density at radius 2 is 1.95 bits per heavy atom. The van der Waals surface area contributed by atoms with Crippen molar-refractivity contribution in [3.63, 3.8) is 0 Å². The van der Waals surface area contributed by atoms with Crippen LogP contribution in [-0.4, -0.2) is 89.3 Å². The number of aliphatic hydroxyl groups excluding tert-OH is 2. The Balaban J connectivity index is 1.49. The van der Waals surface area contributed by atoms with Crippen LogP contribution in [0.15, 0.2) is 24.0 Å². The van der Waals surface area contributed by atoms with Gasteiger partial charge in [0.05, 0.1) is 16.3 Å². The molecule has 38 heavy (non-hydrogen) atoms. The molecule has 1 spiro atoms. The van der Waals surface area contributed by atoms with Crippen LogP contribution in [0.4, 0.5) is 5.82 Å². The summed E-state index contributed by atoms with van der Waals surface area (Å²) in [5.41, 5.74) is 2.89. The van der Waals surface area contributed by atoms with Crippen molar-refractivity contribution in [2.75, 3.05) is 51.3 Å². The van der Waals surface area contributed by atoms with Crippen molar-refractivity contribution in [1.29, 1.82) is 5.41 Å². The minimum absolute atomic E-state index is 0.0389. The first-order chi connectivity index (χ1) is 18.1. The number of nitrogens with one attached hydrogen (secondary N) is 2. The lowest BCUT2D eigenvalue weighted by molar-refractivity contribution is -0.0278. The first-order valence-corrected chi connectivity index (χ1v) is 13.6. The smallest absolute Gasteiger partial charge is 0.163 e. The molecule has 10 heteroatoms. The minimum Gasteiger partial charge on any atom is -0.512 e. The second kappa shape index (κ2) is 10.4. The highest BCUT2D eigenvalue weighted by Gasteiger charge is 2.55. The first kappa shape index (κ1) is 26.9. The van der Waals surface area contributed by atoms with Crippen LogP contribution in [0.2, 0.25) is 5.02 Å².